The Morgan fingerprint density at radius 3 is 2.52 bits per heavy atom. The number of fused-ring (bicyclic) bond motifs is 1. The highest BCUT2D eigenvalue weighted by atomic mass is 35.5. The van der Waals surface area contributed by atoms with Crippen LogP contribution in [0.3, 0.4) is 0 Å². The lowest BCUT2D eigenvalue weighted by Gasteiger charge is -2.17. The molecule has 1 atom stereocenters. The summed E-state index contributed by atoms with van der Waals surface area (Å²) >= 11 is 6.27. The first-order chi connectivity index (χ1) is 12.3. The van der Waals surface area contributed by atoms with Crippen LogP contribution >= 0.6 is 11.6 Å². The molecule has 3 nitrogen and oxygen atoms in total. The van der Waals surface area contributed by atoms with Gasteiger partial charge in [-0.3, -0.25) is 4.98 Å². The number of aromatic nitrogens is 2. The zero-order chi connectivity index (χ0) is 17.2. The maximum absolute atomic E-state index is 6.27. The molecule has 0 saturated heterocycles. The summed E-state index contributed by atoms with van der Waals surface area (Å²) in [4.78, 5) is 8.01. The minimum atomic E-state index is -0.217. The van der Waals surface area contributed by atoms with Crippen LogP contribution in [0.2, 0.25) is 5.02 Å². The van der Waals surface area contributed by atoms with Crippen molar-refractivity contribution in [2.45, 2.75) is 6.10 Å². The molecular formula is C21H17ClN2O. The van der Waals surface area contributed by atoms with Gasteiger partial charge in [0.1, 0.15) is 6.10 Å². The van der Waals surface area contributed by atoms with Crippen molar-refractivity contribution in [3.8, 4) is 11.4 Å². The predicted molar refractivity (Wildman–Crippen MR) is 102 cm³/mol. The number of halogens is 1. The molecule has 0 aliphatic carbocycles. The van der Waals surface area contributed by atoms with E-state index >= 15 is 0 Å². The van der Waals surface area contributed by atoms with Crippen molar-refractivity contribution in [2.24, 2.45) is 0 Å². The van der Waals surface area contributed by atoms with Gasteiger partial charge in [0.2, 0.25) is 0 Å². The number of ether oxygens (including phenoxy) is 1. The number of hydrogen-bond donors (Lipinski definition) is 1. The van der Waals surface area contributed by atoms with Gasteiger partial charge in [-0.1, -0.05) is 48.0 Å². The van der Waals surface area contributed by atoms with E-state index in [0.717, 1.165) is 33.4 Å². The first-order valence-electron chi connectivity index (χ1n) is 8.08. The van der Waals surface area contributed by atoms with Gasteiger partial charge in [0.25, 0.3) is 0 Å². The molecule has 124 valence electrons. The Morgan fingerprint density at radius 1 is 1.00 bits per heavy atom. The SMILES string of the molecule is COC(c1ccccc1)c1c(-c2ccccn2)[nH]c2ccc(Cl)cc12. The van der Waals surface area contributed by atoms with Crippen LogP contribution in [0.15, 0.2) is 72.9 Å². The van der Waals surface area contributed by atoms with Gasteiger partial charge in [0.15, 0.2) is 0 Å². The fourth-order valence-electron chi connectivity index (χ4n) is 3.22. The molecular weight excluding hydrogens is 332 g/mol. The van der Waals surface area contributed by atoms with Crippen molar-refractivity contribution in [2.75, 3.05) is 7.11 Å². The van der Waals surface area contributed by atoms with Crippen molar-refractivity contribution in [1.82, 2.24) is 9.97 Å². The van der Waals surface area contributed by atoms with E-state index in [1.807, 2.05) is 54.6 Å². The summed E-state index contributed by atoms with van der Waals surface area (Å²) < 4.78 is 5.90. The summed E-state index contributed by atoms with van der Waals surface area (Å²) in [5.41, 5.74) is 4.97. The Balaban J connectivity index is 2.01. The van der Waals surface area contributed by atoms with Crippen molar-refractivity contribution >= 4 is 22.5 Å². The average molecular weight is 349 g/mol. The smallest absolute Gasteiger partial charge is 0.110 e. The highest BCUT2D eigenvalue weighted by molar-refractivity contribution is 6.31. The van der Waals surface area contributed by atoms with Crippen molar-refractivity contribution < 1.29 is 4.74 Å². The largest absolute Gasteiger partial charge is 0.372 e. The van der Waals surface area contributed by atoms with Crippen LogP contribution in [0.4, 0.5) is 0 Å². The lowest BCUT2D eigenvalue weighted by molar-refractivity contribution is 0.138. The minimum absolute atomic E-state index is 0.217. The van der Waals surface area contributed by atoms with Gasteiger partial charge >= 0.3 is 0 Å². The molecule has 0 spiro atoms. The second-order valence-corrected chi connectivity index (χ2v) is 6.28. The molecule has 0 bridgehead atoms. The molecule has 0 saturated carbocycles. The van der Waals surface area contributed by atoms with Crippen LogP contribution < -0.4 is 0 Å². The molecule has 2 aromatic heterocycles. The number of benzene rings is 2. The van der Waals surface area contributed by atoms with Crippen LogP contribution in [-0.2, 0) is 4.74 Å². The van der Waals surface area contributed by atoms with Gasteiger partial charge in [-0.25, -0.2) is 0 Å². The van der Waals surface area contributed by atoms with E-state index in [1.165, 1.54) is 0 Å². The molecule has 2 aromatic carbocycles. The lowest BCUT2D eigenvalue weighted by Crippen LogP contribution is -2.04. The molecule has 4 heteroatoms. The van der Waals surface area contributed by atoms with Gasteiger partial charge in [-0.2, -0.15) is 0 Å². The third kappa shape index (κ3) is 2.93. The summed E-state index contributed by atoms with van der Waals surface area (Å²) in [7, 11) is 1.73. The molecule has 0 aliphatic heterocycles. The first kappa shape index (κ1) is 15.9. The Morgan fingerprint density at radius 2 is 1.80 bits per heavy atom. The quantitative estimate of drug-likeness (QED) is 0.519. The summed E-state index contributed by atoms with van der Waals surface area (Å²) in [5, 5.41) is 1.74. The van der Waals surface area contributed by atoms with Crippen molar-refractivity contribution in [1.29, 1.82) is 0 Å². The van der Waals surface area contributed by atoms with E-state index in [4.69, 9.17) is 16.3 Å². The maximum atomic E-state index is 6.27. The summed E-state index contributed by atoms with van der Waals surface area (Å²) in [6.07, 6.45) is 1.58. The molecule has 0 amide bonds. The fourth-order valence-corrected chi connectivity index (χ4v) is 3.39. The van der Waals surface area contributed by atoms with Gasteiger partial charge in [-0.15, -0.1) is 0 Å². The number of hydrogen-bond acceptors (Lipinski definition) is 2. The maximum Gasteiger partial charge on any atom is 0.110 e. The van der Waals surface area contributed by atoms with Crippen molar-refractivity contribution in [3.63, 3.8) is 0 Å². The van der Waals surface area contributed by atoms with E-state index in [0.29, 0.717) is 5.02 Å². The molecule has 0 fully saturated rings. The summed E-state index contributed by atoms with van der Waals surface area (Å²) in [5.74, 6) is 0. The second kappa shape index (κ2) is 6.71. The van der Waals surface area contributed by atoms with Crippen LogP contribution in [0, 0.1) is 0 Å². The van der Waals surface area contributed by atoms with Gasteiger partial charge in [-0.05, 0) is 35.9 Å². The van der Waals surface area contributed by atoms with E-state index in [2.05, 4.69) is 22.1 Å². The molecule has 1 N–H and O–H groups in total. The number of nitrogens with one attached hydrogen (secondary N) is 1. The highest BCUT2D eigenvalue weighted by Gasteiger charge is 2.23. The zero-order valence-corrected chi connectivity index (χ0v) is 14.5. The zero-order valence-electron chi connectivity index (χ0n) is 13.7. The van der Waals surface area contributed by atoms with Crippen LogP contribution in [0.5, 0.6) is 0 Å². The van der Waals surface area contributed by atoms with E-state index in [-0.39, 0.29) is 6.10 Å². The lowest BCUT2D eigenvalue weighted by atomic mass is 9.97. The molecule has 25 heavy (non-hydrogen) atoms. The van der Waals surface area contributed by atoms with Crippen molar-refractivity contribution in [3.05, 3.63) is 89.1 Å². The molecule has 1 unspecified atom stereocenters. The summed E-state index contributed by atoms with van der Waals surface area (Å²) in [6.45, 7) is 0. The number of rotatable bonds is 4. The second-order valence-electron chi connectivity index (χ2n) is 5.84. The average Bonchev–Trinajstić information content (AvgIpc) is 3.03. The highest BCUT2D eigenvalue weighted by Crippen LogP contribution is 2.39. The number of pyridine rings is 1. The number of H-pyrrole nitrogens is 1. The van der Waals surface area contributed by atoms with E-state index in [9.17, 15) is 0 Å². The van der Waals surface area contributed by atoms with Gasteiger partial charge in [0.05, 0.1) is 11.4 Å². The van der Waals surface area contributed by atoms with Crippen LogP contribution in [0.1, 0.15) is 17.2 Å². The van der Waals surface area contributed by atoms with Gasteiger partial charge in [0, 0.05) is 34.8 Å². The Hall–Kier alpha value is -2.62. The molecule has 0 aliphatic rings. The third-order valence-corrected chi connectivity index (χ3v) is 4.56. The standard InChI is InChI=1S/C21H17ClN2O/c1-25-21(14-7-3-2-4-8-14)19-16-13-15(22)10-11-17(16)24-20(19)18-9-5-6-12-23-18/h2-13,21,24H,1H3. The molecule has 0 radical (unpaired) electrons. The Bertz CT molecular complexity index is 997. The minimum Gasteiger partial charge on any atom is -0.372 e. The number of methoxy groups -OCH3 is 1. The van der Waals surface area contributed by atoms with E-state index in [1.54, 1.807) is 13.3 Å². The molecule has 4 rings (SSSR count). The monoisotopic (exact) mass is 348 g/mol. The Labute approximate surface area is 151 Å². The van der Waals surface area contributed by atoms with Crippen LogP contribution in [0.25, 0.3) is 22.3 Å². The van der Waals surface area contributed by atoms with E-state index < -0.39 is 0 Å². The molecule has 2 heterocycles. The fraction of sp³-hybridized carbons (Fsp3) is 0.0952. The first-order valence-corrected chi connectivity index (χ1v) is 8.46. The normalized spacial score (nSPS) is 12.4. The van der Waals surface area contributed by atoms with Gasteiger partial charge < -0.3 is 9.72 Å². The third-order valence-electron chi connectivity index (χ3n) is 4.32. The van der Waals surface area contributed by atoms with Crippen LogP contribution in [-0.4, -0.2) is 17.1 Å². The number of nitrogens with zero attached hydrogens (tertiary/aromatic N) is 1. The summed E-state index contributed by atoms with van der Waals surface area (Å²) in [6, 6.07) is 21.9. The Kier molecular flexibility index (Phi) is 4.26. The number of aromatic amines is 1. The predicted octanol–water partition coefficient (Wildman–Crippen LogP) is 5.62. The topological polar surface area (TPSA) is 37.9 Å². The molecule has 4 aromatic rings.